The number of hydrogen-bond donors (Lipinski definition) is 3. The normalized spacial score (nSPS) is 15.0. The molecule has 0 unspecified atom stereocenters. The largest absolute Gasteiger partial charge is 0.398 e. The fourth-order valence-electron chi connectivity index (χ4n) is 2.02. The number of nitrogens with two attached hydrogens (primary N) is 1. The first-order valence-electron chi connectivity index (χ1n) is 6.59. The molecule has 1 fully saturated rings. The molecule has 1 saturated heterocycles. The third-order valence-corrected chi connectivity index (χ3v) is 3.65. The fourth-order valence-corrected chi connectivity index (χ4v) is 2.21. The Bertz CT molecular complexity index is 615. The zero-order valence-corrected chi connectivity index (χ0v) is 12.3. The highest BCUT2D eigenvalue weighted by Crippen LogP contribution is 2.25. The van der Waals surface area contributed by atoms with Gasteiger partial charge in [-0.15, -0.1) is 12.6 Å². The molecule has 3 rings (SSSR count). The molecular weight excluding hydrogens is 288 g/mol. The van der Waals surface area contributed by atoms with Crippen LogP contribution in [-0.2, 0) is 4.74 Å². The van der Waals surface area contributed by atoms with Crippen LogP contribution in [0.4, 0.5) is 23.1 Å². The molecule has 2 aromatic rings. The number of hydrogen-bond acceptors (Lipinski definition) is 8. The maximum atomic E-state index is 5.78. The molecule has 0 atom stereocenters. The summed E-state index contributed by atoms with van der Waals surface area (Å²) in [5.41, 5.74) is 6.35. The highest BCUT2D eigenvalue weighted by molar-refractivity contribution is 7.80. The second kappa shape index (κ2) is 6.15. The van der Waals surface area contributed by atoms with Crippen LogP contribution in [0.5, 0.6) is 0 Å². The maximum Gasteiger partial charge on any atom is 0.150 e. The molecule has 0 saturated carbocycles. The molecule has 0 aromatic carbocycles. The molecule has 0 aliphatic carbocycles. The van der Waals surface area contributed by atoms with Crippen molar-refractivity contribution < 1.29 is 4.74 Å². The van der Waals surface area contributed by atoms with Crippen LogP contribution >= 0.6 is 12.6 Å². The van der Waals surface area contributed by atoms with Crippen molar-refractivity contribution in [2.24, 2.45) is 0 Å². The minimum atomic E-state index is 0.562. The van der Waals surface area contributed by atoms with E-state index in [1.807, 2.05) is 0 Å². The van der Waals surface area contributed by atoms with Gasteiger partial charge in [0.05, 0.1) is 36.2 Å². The molecule has 1 aliphatic heterocycles. The van der Waals surface area contributed by atoms with Crippen LogP contribution in [0.25, 0.3) is 0 Å². The molecule has 3 heterocycles. The lowest BCUT2D eigenvalue weighted by Gasteiger charge is -2.27. The predicted octanol–water partition coefficient (Wildman–Crippen LogP) is 1.32. The number of pyridine rings is 1. The fraction of sp³-hybridized carbons (Fsp3) is 0.308. The average Bonchev–Trinajstić information content (AvgIpc) is 2.53. The summed E-state index contributed by atoms with van der Waals surface area (Å²) in [7, 11) is 0. The Morgan fingerprint density at radius 2 is 2.00 bits per heavy atom. The van der Waals surface area contributed by atoms with E-state index >= 15 is 0 Å². The van der Waals surface area contributed by atoms with E-state index in [1.165, 1.54) is 0 Å². The standard InChI is InChI=1S/C13H16N6OS/c14-9-1-2-15-13(12(9)21)18-10-7-17-11(8-16-10)19-3-5-20-6-4-19/h1-2,7-8,21H,3-6H2,(H3,14,15,16,18). The van der Waals surface area contributed by atoms with Gasteiger partial charge in [-0.3, -0.25) is 0 Å². The highest BCUT2D eigenvalue weighted by atomic mass is 32.1. The monoisotopic (exact) mass is 304 g/mol. The Balaban J connectivity index is 1.73. The van der Waals surface area contributed by atoms with Gasteiger partial charge in [0.2, 0.25) is 0 Å². The van der Waals surface area contributed by atoms with Crippen molar-refractivity contribution in [2.45, 2.75) is 4.90 Å². The second-order valence-corrected chi connectivity index (χ2v) is 5.03. The van der Waals surface area contributed by atoms with Crippen molar-refractivity contribution in [1.29, 1.82) is 0 Å². The van der Waals surface area contributed by atoms with Crippen LogP contribution in [0.15, 0.2) is 29.6 Å². The van der Waals surface area contributed by atoms with E-state index in [0.717, 1.165) is 32.1 Å². The summed E-state index contributed by atoms with van der Waals surface area (Å²) in [5.74, 6) is 2.00. The summed E-state index contributed by atoms with van der Waals surface area (Å²) in [6.45, 7) is 3.11. The van der Waals surface area contributed by atoms with Gasteiger partial charge in [-0.2, -0.15) is 0 Å². The minimum absolute atomic E-state index is 0.562. The molecule has 3 N–H and O–H groups in total. The van der Waals surface area contributed by atoms with E-state index in [4.69, 9.17) is 10.5 Å². The summed E-state index contributed by atoms with van der Waals surface area (Å²) in [6.07, 6.45) is 5.02. The number of nitrogens with one attached hydrogen (secondary N) is 1. The Hall–Kier alpha value is -2.06. The van der Waals surface area contributed by atoms with E-state index in [2.05, 4.69) is 37.8 Å². The molecule has 0 amide bonds. The van der Waals surface area contributed by atoms with Crippen LogP contribution in [-0.4, -0.2) is 41.3 Å². The number of nitrogens with zero attached hydrogens (tertiary/aromatic N) is 4. The average molecular weight is 304 g/mol. The number of rotatable bonds is 3. The number of morpholine rings is 1. The van der Waals surface area contributed by atoms with Gasteiger partial charge in [0.1, 0.15) is 17.5 Å². The molecule has 110 valence electrons. The molecule has 2 aromatic heterocycles. The minimum Gasteiger partial charge on any atom is -0.398 e. The van der Waals surface area contributed by atoms with Gasteiger partial charge in [0.15, 0.2) is 0 Å². The number of nitrogen functional groups attached to an aromatic ring is 1. The Kier molecular flexibility index (Phi) is 4.07. The van der Waals surface area contributed by atoms with Crippen LogP contribution in [0.3, 0.4) is 0 Å². The number of anilines is 4. The first-order chi connectivity index (χ1) is 10.2. The topological polar surface area (TPSA) is 89.2 Å². The third kappa shape index (κ3) is 3.17. The molecular formula is C13H16N6OS. The summed E-state index contributed by atoms with van der Waals surface area (Å²) in [4.78, 5) is 15.7. The quantitative estimate of drug-likeness (QED) is 0.737. The Morgan fingerprint density at radius 3 is 2.71 bits per heavy atom. The summed E-state index contributed by atoms with van der Waals surface area (Å²) in [6, 6.07) is 1.70. The van der Waals surface area contributed by atoms with E-state index < -0.39 is 0 Å². The van der Waals surface area contributed by atoms with Crippen LogP contribution in [0.1, 0.15) is 0 Å². The summed E-state index contributed by atoms with van der Waals surface area (Å²) in [5, 5.41) is 3.06. The van der Waals surface area contributed by atoms with Gasteiger partial charge in [-0.25, -0.2) is 15.0 Å². The lowest BCUT2D eigenvalue weighted by molar-refractivity contribution is 0.122. The van der Waals surface area contributed by atoms with E-state index in [-0.39, 0.29) is 0 Å². The van der Waals surface area contributed by atoms with Crippen molar-refractivity contribution in [3.05, 3.63) is 24.7 Å². The summed E-state index contributed by atoms with van der Waals surface area (Å²) >= 11 is 4.32. The first kappa shape index (κ1) is 13.9. The predicted molar refractivity (Wildman–Crippen MR) is 84.2 cm³/mol. The first-order valence-corrected chi connectivity index (χ1v) is 7.04. The van der Waals surface area contributed by atoms with Crippen molar-refractivity contribution in [3.63, 3.8) is 0 Å². The molecule has 8 heteroatoms. The summed E-state index contributed by atoms with van der Waals surface area (Å²) < 4.78 is 5.32. The zero-order valence-electron chi connectivity index (χ0n) is 11.4. The molecule has 1 aliphatic rings. The van der Waals surface area contributed by atoms with E-state index in [1.54, 1.807) is 24.7 Å². The lowest BCUT2D eigenvalue weighted by Crippen LogP contribution is -2.36. The van der Waals surface area contributed by atoms with Gasteiger partial charge < -0.3 is 20.7 Å². The van der Waals surface area contributed by atoms with Crippen LogP contribution < -0.4 is 16.0 Å². The number of thiol groups is 1. The maximum absolute atomic E-state index is 5.78. The Morgan fingerprint density at radius 1 is 1.19 bits per heavy atom. The second-order valence-electron chi connectivity index (χ2n) is 4.58. The zero-order chi connectivity index (χ0) is 14.7. The lowest BCUT2D eigenvalue weighted by atomic mass is 10.4. The SMILES string of the molecule is Nc1ccnc(Nc2cnc(N3CCOCC3)cn2)c1S. The van der Waals surface area contributed by atoms with Crippen LogP contribution in [0.2, 0.25) is 0 Å². The van der Waals surface area contributed by atoms with E-state index in [0.29, 0.717) is 22.2 Å². The molecule has 21 heavy (non-hydrogen) atoms. The number of aromatic nitrogens is 3. The van der Waals surface area contributed by atoms with Crippen molar-refractivity contribution >= 4 is 35.8 Å². The number of ether oxygens (including phenoxy) is 1. The van der Waals surface area contributed by atoms with Gasteiger partial charge in [0, 0.05) is 19.3 Å². The van der Waals surface area contributed by atoms with Gasteiger partial charge in [0.25, 0.3) is 0 Å². The van der Waals surface area contributed by atoms with Gasteiger partial charge in [-0.05, 0) is 6.07 Å². The smallest absolute Gasteiger partial charge is 0.150 e. The molecule has 0 spiro atoms. The molecule has 0 bridgehead atoms. The van der Waals surface area contributed by atoms with Crippen molar-refractivity contribution in [1.82, 2.24) is 15.0 Å². The van der Waals surface area contributed by atoms with Crippen molar-refractivity contribution in [3.8, 4) is 0 Å². The van der Waals surface area contributed by atoms with Gasteiger partial charge >= 0.3 is 0 Å². The molecule has 7 nitrogen and oxygen atoms in total. The Labute approximate surface area is 128 Å². The van der Waals surface area contributed by atoms with Crippen LogP contribution in [0, 0.1) is 0 Å². The van der Waals surface area contributed by atoms with Crippen molar-refractivity contribution in [2.75, 3.05) is 42.3 Å². The highest BCUT2D eigenvalue weighted by Gasteiger charge is 2.13. The van der Waals surface area contributed by atoms with E-state index in [9.17, 15) is 0 Å². The van der Waals surface area contributed by atoms with Gasteiger partial charge in [-0.1, -0.05) is 0 Å². The molecule has 0 radical (unpaired) electrons. The third-order valence-electron chi connectivity index (χ3n) is 3.18.